The van der Waals surface area contributed by atoms with Crippen LogP contribution in [0.1, 0.15) is 13.3 Å². The SMILES string of the molecule is CCOP(=S)(SCCC#N)N(C)C=S. The Balaban J connectivity index is 4.32. The highest BCUT2D eigenvalue weighted by Crippen LogP contribution is 2.61. The van der Waals surface area contributed by atoms with E-state index in [0.29, 0.717) is 18.8 Å². The van der Waals surface area contributed by atoms with Crippen molar-refractivity contribution < 1.29 is 4.52 Å². The number of thiocarbonyl (C=S) groups is 1. The molecule has 0 spiro atoms. The summed E-state index contributed by atoms with van der Waals surface area (Å²) in [6.07, 6.45) is 0.487. The predicted molar refractivity (Wildman–Crippen MR) is 70.0 cm³/mol. The Kier molecular flexibility index (Phi) is 7.79. The van der Waals surface area contributed by atoms with E-state index in [2.05, 4.69) is 6.07 Å². The Morgan fingerprint density at radius 2 is 2.36 bits per heavy atom. The maximum absolute atomic E-state index is 8.42. The van der Waals surface area contributed by atoms with Crippen LogP contribution in [0.25, 0.3) is 0 Å². The number of hydrogen-bond acceptors (Lipinski definition) is 5. The van der Waals surface area contributed by atoms with E-state index in [1.165, 1.54) is 16.9 Å². The summed E-state index contributed by atoms with van der Waals surface area (Å²) >= 11 is 11.7. The second-order valence-corrected chi connectivity index (χ2v) is 9.45. The summed E-state index contributed by atoms with van der Waals surface area (Å²) < 4.78 is 7.30. The molecule has 0 aliphatic carbocycles. The van der Waals surface area contributed by atoms with Crippen molar-refractivity contribution in [2.75, 3.05) is 19.4 Å². The minimum atomic E-state index is -2.07. The minimum Gasteiger partial charge on any atom is -0.327 e. The molecule has 0 aromatic rings. The van der Waals surface area contributed by atoms with Crippen LogP contribution in [-0.2, 0) is 16.3 Å². The molecule has 0 fully saturated rings. The van der Waals surface area contributed by atoms with Gasteiger partial charge in [0.15, 0.2) is 0 Å². The molecule has 0 rings (SSSR count). The summed E-state index contributed by atoms with van der Waals surface area (Å²) in [5, 5.41) is 8.42. The van der Waals surface area contributed by atoms with Gasteiger partial charge in [-0.05, 0) is 18.7 Å². The monoisotopic (exact) mass is 268 g/mol. The Labute approximate surface area is 99.7 Å². The molecule has 1 atom stereocenters. The second-order valence-electron chi connectivity index (χ2n) is 2.31. The van der Waals surface area contributed by atoms with E-state index < -0.39 is 5.62 Å². The molecule has 80 valence electrons. The molecule has 0 N–H and O–H groups in total. The van der Waals surface area contributed by atoms with Gasteiger partial charge in [0.1, 0.15) is 0 Å². The fourth-order valence-electron chi connectivity index (χ4n) is 0.647. The van der Waals surface area contributed by atoms with E-state index in [4.69, 9.17) is 33.8 Å². The average molecular weight is 268 g/mol. The molecule has 0 aromatic carbocycles. The molecule has 0 amide bonds. The van der Waals surface area contributed by atoms with Gasteiger partial charge >= 0.3 is 0 Å². The summed E-state index contributed by atoms with van der Waals surface area (Å²) in [4.78, 5) is 0. The normalized spacial score (nSPS) is 14.1. The lowest BCUT2D eigenvalue weighted by Crippen LogP contribution is -2.11. The summed E-state index contributed by atoms with van der Waals surface area (Å²) in [5.74, 6) is 0.696. The van der Waals surface area contributed by atoms with Crippen LogP contribution in [0.5, 0.6) is 0 Å². The summed E-state index contributed by atoms with van der Waals surface area (Å²) in [6.45, 7) is 2.48. The van der Waals surface area contributed by atoms with Gasteiger partial charge in [0.25, 0.3) is 0 Å². The third kappa shape index (κ3) is 4.72. The average Bonchev–Trinajstić information content (AvgIpc) is 2.17. The van der Waals surface area contributed by atoms with E-state index in [1.54, 1.807) is 4.67 Å². The van der Waals surface area contributed by atoms with Crippen molar-refractivity contribution in [1.29, 1.82) is 5.26 Å². The molecule has 7 heteroatoms. The largest absolute Gasteiger partial charge is 0.327 e. The number of rotatable bonds is 7. The van der Waals surface area contributed by atoms with Gasteiger partial charge in [-0.25, -0.2) is 0 Å². The maximum atomic E-state index is 8.42. The molecule has 0 aromatic heterocycles. The maximum Gasteiger partial charge on any atom is 0.213 e. The molecular weight excluding hydrogens is 255 g/mol. The van der Waals surface area contributed by atoms with Crippen LogP contribution >= 0.6 is 29.2 Å². The molecule has 0 bridgehead atoms. The molecule has 14 heavy (non-hydrogen) atoms. The van der Waals surface area contributed by atoms with Gasteiger partial charge in [0, 0.05) is 19.2 Å². The van der Waals surface area contributed by atoms with Gasteiger partial charge in [-0.1, -0.05) is 23.6 Å². The lowest BCUT2D eigenvalue weighted by atomic mass is 10.6. The van der Waals surface area contributed by atoms with Gasteiger partial charge in [0.2, 0.25) is 5.62 Å². The highest BCUT2D eigenvalue weighted by atomic mass is 32.9. The third-order valence-corrected chi connectivity index (χ3v) is 8.61. The zero-order valence-electron chi connectivity index (χ0n) is 8.17. The van der Waals surface area contributed by atoms with Crippen molar-refractivity contribution in [2.45, 2.75) is 13.3 Å². The smallest absolute Gasteiger partial charge is 0.213 e. The van der Waals surface area contributed by atoms with Crippen molar-refractivity contribution in [2.24, 2.45) is 0 Å². The van der Waals surface area contributed by atoms with E-state index in [-0.39, 0.29) is 0 Å². The van der Waals surface area contributed by atoms with E-state index in [9.17, 15) is 0 Å². The van der Waals surface area contributed by atoms with Gasteiger partial charge in [-0.2, -0.15) is 5.26 Å². The van der Waals surface area contributed by atoms with Crippen LogP contribution in [0, 0.1) is 11.3 Å². The first-order valence-corrected chi connectivity index (χ1v) is 8.79. The zero-order chi connectivity index (χ0) is 11.0. The quantitative estimate of drug-likeness (QED) is 0.401. The van der Waals surface area contributed by atoms with Crippen LogP contribution in [0.4, 0.5) is 0 Å². The van der Waals surface area contributed by atoms with Crippen LogP contribution in [0.3, 0.4) is 0 Å². The Hall–Kier alpha value is 0.340. The van der Waals surface area contributed by atoms with Crippen molar-refractivity contribution in [1.82, 2.24) is 4.67 Å². The van der Waals surface area contributed by atoms with Gasteiger partial charge < -0.3 is 9.19 Å². The fraction of sp³-hybridized carbons (Fsp3) is 0.714. The molecule has 0 saturated heterocycles. The first-order valence-electron chi connectivity index (χ1n) is 4.05. The minimum absolute atomic E-state index is 0.487. The van der Waals surface area contributed by atoms with E-state index in [0.717, 1.165) is 0 Å². The highest BCUT2D eigenvalue weighted by molar-refractivity contribution is 8.68. The lowest BCUT2D eigenvalue weighted by molar-refractivity contribution is 0.369. The number of nitrogens with zero attached hydrogens (tertiary/aromatic N) is 2. The van der Waals surface area contributed by atoms with Crippen molar-refractivity contribution in [3.63, 3.8) is 0 Å². The Morgan fingerprint density at radius 3 is 2.79 bits per heavy atom. The van der Waals surface area contributed by atoms with Crippen LogP contribution < -0.4 is 0 Å². The lowest BCUT2D eigenvalue weighted by Gasteiger charge is -2.28. The van der Waals surface area contributed by atoms with Gasteiger partial charge in [-0.15, -0.1) is 0 Å². The predicted octanol–water partition coefficient (Wildman–Crippen LogP) is 2.78. The molecule has 0 radical (unpaired) electrons. The number of hydrogen-bond donors (Lipinski definition) is 0. The molecule has 0 aliphatic rings. The molecule has 3 nitrogen and oxygen atoms in total. The molecule has 0 aliphatic heterocycles. The van der Waals surface area contributed by atoms with Crippen molar-refractivity contribution in [3.05, 3.63) is 0 Å². The van der Waals surface area contributed by atoms with Crippen molar-refractivity contribution in [3.8, 4) is 6.07 Å². The van der Waals surface area contributed by atoms with Crippen LogP contribution in [0.2, 0.25) is 0 Å². The fourth-order valence-corrected chi connectivity index (χ4v) is 6.02. The summed E-state index contributed by atoms with van der Waals surface area (Å²) in [5.41, 5.74) is -0.558. The Morgan fingerprint density at radius 1 is 1.71 bits per heavy atom. The molecule has 0 heterocycles. The van der Waals surface area contributed by atoms with E-state index in [1.807, 2.05) is 14.0 Å². The van der Waals surface area contributed by atoms with E-state index >= 15 is 0 Å². The molecule has 1 unspecified atom stereocenters. The standard InChI is InChI=1S/C7H13N2OPS3/c1-3-10-11(13,9(2)7-12)14-6-4-5-8/h7H,3-4,6H2,1-2H3. The molecular formula is C7H13N2OPS3. The third-order valence-electron chi connectivity index (χ3n) is 1.30. The topological polar surface area (TPSA) is 36.3 Å². The summed E-state index contributed by atoms with van der Waals surface area (Å²) in [6, 6.07) is 2.08. The van der Waals surface area contributed by atoms with Crippen LogP contribution in [-0.4, -0.2) is 29.6 Å². The van der Waals surface area contributed by atoms with Gasteiger partial charge in [-0.3, -0.25) is 0 Å². The first kappa shape index (κ1) is 14.3. The van der Waals surface area contributed by atoms with Crippen LogP contribution in [0.15, 0.2) is 0 Å². The zero-order valence-corrected chi connectivity index (χ0v) is 11.5. The summed E-state index contributed by atoms with van der Waals surface area (Å²) in [7, 11) is 1.82. The highest BCUT2D eigenvalue weighted by Gasteiger charge is 2.21. The van der Waals surface area contributed by atoms with Crippen molar-refractivity contribution >= 4 is 46.5 Å². The number of nitriles is 1. The first-order chi connectivity index (χ1) is 6.60. The molecule has 0 saturated carbocycles. The second kappa shape index (κ2) is 7.61. The Bertz CT molecular complexity index is 266. The van der Waals surface area contributed by atoms with Gasteiger partial charge in [0.05, 0.1) is 18.2 Å².